The van der Waals surface area contributed by atoms with Gasteiger partial charge in [0.1, 0.15) is 10.7 Å². The largest absolute Gasteiger partial charge is 0.348 e. The molecule has 0 atom stereocenters. The summed E-state index contributed by atoms with van der Waals surface area (Å²) in [6.07, 6.45) is 1.98. The molecule has 0 aliphatic carbocycles. The van der Waals surface area contributed by atoms with Crippen molar-refractivity contribution in [2.75, 3.05) is 13.1 Å². The van der Waals surface area contributed by atoms with E-state index in [0.29, 0.717) is 5.69 Å². The second-order valence-electron chi connectivity index (χ2n) is 4.90. The summed E-state index contributed by atoms with van der Waals surface area (Å²) in [7, 11) is 0. The Bertz CT molecular complexity index is 585. The first kappa shape index (κ1) is 18.9. The lowest BCUT2D eigenvalue weighted by Crippen LogP contribution is -2.42. The van der Waals surface area contributed by atoms with Gasteiger partial charge in [0, 0.05) is 17.0 Å². The van der Waals surface area contributed by atoms with Crippen LogP contribution in [-0.2, 0) is 0 Å². The first-order valence-electron chi connectivity index (χ1n) is 6.85. The van der Waals surface area contributed by atoms with E-state index in [0.717, 1.165) is 36.5 Å². The van der Waals surface area contributed by atoms with Gasteiger partial charge in [-0.3, -0.25) is 4.79 Å². The molecule has 4 nitrogen and oxygen atoms in total. The highest BCUT2D eigenvalue weighted by Gasteiger charge is 2.18. The Morgan fingerprint density at radius 1 is 1.18 bits per heavy atom. The average molecular weight is 360 g/mol. The fourth-order valence-electron chi connectivity index (χ4n) is 2.32. The van der Waals surface area contributed by atoms with Gasteiger partial charge in [-0.2, -0.15) is 0 Å². The van der Waals surface area contributed by atoms with Crippen molar-refractivity contribution in [2.45, 2.75) is 18.9 Å². The molecule has 1 aliphatic heterocycles. The predicted molar refractivity (Wildman–Crippen MR) is 95.4 cm³/mol. The summed E-state index contributed by atoms with van der Waals surface area (Å²) < 4.78 is 0. The van der Waals surface area contributed by atoms with Crippen molar-refractivity contribution < 1.29 is 4.79 Å². The number of amides is 1. The molecule has 1 aliphatic rings. The number of hydrogen-bond donors (Lipinski definition) is 2. The Hall–Kier alpha value is -1.14. The first-order chi connectivity index (χ1) is 9.83. The van der Waals surface area contributed by atoms with Gasteiger partial charge in [0.05, 0.1) is 0 Å². The van der Waals surface area contributed by atoms with E-state index < -0.39 is 0 Å². The zero-order chi connectivity index (χ0) is 13.8. The van der Waals surface area contributed by atoms with Gasteiger partial charge in [-0.15, -0.1) is 36.2 Å². The van der Waals surface area contributed by atoms with Crippen LogP contribution in [-0.4, -0.2) is 30.0 Å². The van der Waals surface area contributed by atoms with Gasteiger partial charge in [-0.1, -0.05) is 30.3 Å². The highest BCUT2D eigenvalue weighted by molar-refractivity contribution is 7.13. The summed E-state index contributed by atoms with van der Waals surface area (Å²) in [5, 5.41) is 9.08. The number of nitrogens with zero attached hydrogens (tertiary/aromatic N) is 1. The molecule has 2 heterocycles. The van der Waals surface area contributed by atoms with Gasteiger partial charge >= 0.3 is 0 Å². The van der Waals surface area contributed by atoms with Crippen LogP contribution in [0.2, 0.25) is 0 Å². The molecule has 1 aromatic heterocycles. The van der Waals surface area contributed by atoms with Gasteiger partial charge < -0.3 is 10.6 Å². The lowest BCUT2D eigenvalue weighted by molar-refractivity contribution is 0.0925. The molecule has 0 bridgehead atoms. The standard InChI is InChI=1S/C15H17N3OS.2ClH/c19-14(17-12-6-8-16-9-7-12)13-10-20-15(18-13)11-4-2-1-3-5-11;;/h1-5,10,12,16H,6-9H2,(H,17,19);2*1H. The van der Waals surface area contributed by atoms with Crippen molar-refractivity contribution in [1.82, 2.24) is 15.6 Å². The molecule has 1 aromatic carbocycles. The second kappa shape index (κ2) is 9.10. The molecule has 2 N–H and O–H groups in total. The summed E-state index contributed by atoms with van der Waals surface area (Å²) >= 11 is 1.51. The second-order valence-corrected chi connectivity index (χ2v) is 5.76. The molecule has 7 heteroatoms. The van der Waals surface area contributed by atoms with Gasteiger partial charge in [-0.05, 0) is 25.9 Å². The van der Waals surface area contributed by atoms with Gasteiger partial charge in [0.25, 0.3) is 5.91 Å². The number of hydrogen-bond acceptors (Lipinski definition) is 4. The number of thiazole rings is 1. The van der Waals surface area contributed by atoms with Crippen LogP contribution in [0.1, 0.15) is 23.3 Å². The Morgan fingerprint density at radius 3 is 2.55 bits per heavy atom. The van der Waals surface area contributed by atoms with E-state index in [2.05, 4.69) is 15.6 Å². The van der Waals surface area contributed by atoms with Crippen LogP contribution >= 0.6 is 36.2 Å². The van der Waals surface area contributed by atoms with Gasteiger partial charge in [0.2, 0.25) is 0 Å². The number of carbonyl (C=O) groups excluding carboxylic acids is 1. The first-order valence-corrected chi connectivity index (χ1v) is 7.73. The van der Waals surface area contributed by atoms with E-state index in [4.69, 9.17) is 0 Å². The minimum Gasteiger partial charge on any atom is -0.348 e. The predicted octanol–water partition coefficient (Wildman–Crippen LogP) is 3.14. The fraction of sp³-hybridized carbons (Fsp3) is 0.333. The number of halogens is 2. The molecule has 0 saturated carbocycles. The molecule has 0 unspecified atom stereocenters. The molecule has 1 fully saturated rings. The summed E-state index contributed by atoms with van der Waals surface area (Å²) in [5.74, 6) is -0.0599. The minimum atomic E-state index is -0.0599. The van der Waals surface area contributed by atoms with Crippen molar-refractivity contribution in [3.63, 3.8) is 0 Å². The lowest BCUT2D eigenvalue weighted by Gasteiger charge is -2.23. The quantitative estimate of drug-likeness (QED) is 0.884. The van der Waals surface area contributed by atoms with E-state index >= 15 is 0 Å². The van der Waals surface area contributed by atoms with E-state index in [1.807, 2.05) is 35.7 Å². The monoisotopic (exact) mass is 359 g/mol. The number of aromatic nitrogens is 1. The lowest BCUT2D eigenvalue weighted by atomic mass is 10.1. The molecular formula is C15H19Cl2N3OS. The molecule has 3 rings (SSSR count). The van der Waals surface area contributed by atoms with E-state index in [1.54, 1.807) is 0 Å². The number of benzene rings is 1. The third-order valence-electron chi connectivity index (χ3n) is 3.43. The third-order valence-corrected chi connectivity index (χ3v) is 4.32. The van der Waals surface area contributed by atoms with Crippen molar-refractivity contribution in [1.29, 1.82) is 0 Å². The van der Waals surface area contributed by atoms with Crippen LogP contribution in [0.5, 0.6) is 0 Å². The van der Waals surface area contributed by atoms with E-state index in [9.17, 15) is 4.79 Å². The maximum Gasteiger partial charge on any atom is 0.270 e. The molecular weight excluding hydrogens is 341 g/mol. The number of nitrogens with one attached hydrogen (secondary N) is 2. The summed E-state index contributed by atoms with van der Waals surface area (Å²) in [5.41, 5.74) is 1.57. The zero-order valence-corrected chi connectivity index (χ0v) is 14.4. The average Bonchev–Trinajstić information content (AvgIpc) is 2.99. The van der Waals surface area contributed by atoms with Crippen LogP contribution in [0, 0.1) is 0 Å². The Morgan fingerprint density at radius 2 is 1.86 bits per heavy atom. The van der Waals surface area contributed by atoms with Crippen molar-refractivity contribution in [3.8, 4) is 10.6 Å². The molecule has 2 aromatic rings. The number of carbonyl (C=O) groups is 1. The van der Waals surface area contributed by atoms with E-state index in [1.165, 1.54) is 11.3 Å². The minimum absolute atomic E-state index is 0. The summed E-state index contributed by atoms with van der Waals surface area (Å²) in [6, 6.07) is 10.2. The molecule has 0 radical (unpaired) electrons. The number of rotatable bonds is 3. The molecule has 0 spiro atoms. The third kappa shape index (κ3) is 4.68. The van der Waals surface area contributed by atoms with Crippen LogP contribution in [0.3, 0.4) is 0 Å². The smallest absolute Gasteiger partial charge is 0.270 e. The molecule has 22 heavy (non-hydrogen) atoms. The van der Waals surface area contributed by atoms with Crippen molar-refractivity contribution >= 4 is 42.1 Å². The van der Waals surface area contributed by atoms with Gasteiger partial charge in [0.15, 0.2) is 0 Å². The van der Waals surface area contributed by atoms with E-state index in [-0.39, 0.29) is 36.8 Å². The van der Waals surface area contributed by atoms with Crippen LogP contribution in [0.4, 0.5) is 0 Å². The highest BCUT2D eigenvalue weighted by Crippen LogP contribution is 2.23. The van der Waals surface area contributed by atoms with Crippen LogP contribution < -0.4 is 10.6 Å². The Labute approximate surface area is 146 Å². The summed E-state index contributed by atoms with van der Waals surface area (Å²) in [4.78, 5) is 16.6. The maximum absolute atomic E-state index is 12.2. The SMILES string of the molecule is Cl.Cl.O=C(NC1CCNCC1)c1csc(-c2ccccc2)n1. The van der Waals surface area contributed by atoms with Gasteiger partial charge in [-0.25, -0.2) is 4.98 Å². The Balaban J connectivity index is 0.00000121. The molecule has 1 saturated heterocycles. The Kier molecular flexibility index (Phi) is 7.82. The van der Waals surface area contributed by atoms with Crippen LogP contribution in [0.15, 0.2) is 35.7 Å². The van der Waals surface area contributed by atoms with Crippen molar-refractivity contribution in [3.05, 3.63) is 41.4 Å². The molecule has 120 valence electrons. The number of piperidine rings is 1. The zero-order valence-electron chi connectivity index (χ0n) is 12.0. The summed E-state index contributed by atoms with van der Waals surface area (Å²) in [6.45, 7) is 1.94. The fourth-order valence-corrected chi connectivity index (χ4v) is 3.12. The molecule has 1 amide bonds. The maximum atomic E-state index is 12.2. The highest BCUT2D eigenvalue weighted by atomic mass is 35.5. The van der Waals surface area contributed by atoms with Crippen LogP contribution in [0.25, 0.3) is 10.6 Å². The topological polar surface area (TPSA) is 54.0 Å². The van der Waals surface area contributed by atoms with Crippen molar-refractivity contribution in [2.24, 2.45) is 0 Å². The normalized spacial score (nSPS) is 14.5.